The molecule has 3 heterocycles. The van der Waals surface area contributed by atoms with Crippen LogP contribution >= 0.6 is 0 Å². The summed E-state index contributed by atoms with van der Waals surface area (Å²) in [4.78, 5) is 18.8. The van der Waals surface area contributed by atoms with E-state index in [-0.39, 0.29) is 11.8 Å². The summed E-state index contributed by atoms with van der Waals surface area (Å²) in [6.07, 6.45) is 0.358. The summed E-state index contributed by atoms with van der Waals surface area (Å²) in [6.45, 7) is 6.00. The van der Waals surface area contributed by atoms with E-state index in [0.717, 1.165) is 17.8 Å². The average Bonchev–Trinajstić information content (AvgIpc) is 3.19. The first-order chi connectivity index (χ1) is 14.2. The van der Waals surface area contributed by atoms with Gasteiger partial charge < -0.3 is 25.3 Å². The Morgan fingerprint density at radius 1 is 1.40 bits per heavy atom. The summed E-state index contributed by atoms with van der Waals surface area (Å²) in [7, 11) is 0. The molecule has 158 valence electrons. The van der Waals surface area contributed by atoms with E-state index in [1.807, 2.05) is 22.8 Å². The van der Waals surface area contributed by atoms with Gasteiger partial charge in [-0.15, -0.1) is 0 Å². The predicted octanol–water partition coefficient (Wildman–Crippen LogP) is 0.730. The Labute approximate surface area is 175 Å². The summed E-state index contributed by atoms with van der Waals surface area (Å²) < 4.78 is 7.88. The predicted molar refractivity (Wildman–Crippen MR) is 111 cm³/mol. The number of nitrogens with zero attached hydrogens (tertiary/aromatic N) is 3. The molecule has 1 fully saturated rings. The minimum atomic E-state index is -1.10. The first-order valence-corrected chi connectivity index (χ1v) is 10.0. The number of nitrogens with two attached hydrogens (primary N) is 1. The smallest absolute Gasteiger partial charge is 0.269 e. The number of aromatic nitrogens is 2. The van der Waals surface area contributed by atoms with Crippen LogP contribution in [0, 0.1) is 11.8 Å². The molecule has 2 aliphatic heterocycles. The van der Waals surface area contributed by atoms with Crippen molar-refractivity contribution >= 4 is 5.91 Å². The number of benzene rings is 1. The van der Waals surface area contributed by atoms with E-state index in [4.69, 9.17) is 10.5 Å². The molecule has 1 atom stereocenters. The molecule has 0 saturated carbocycles. The van der Waals surface area contributed by atoms with Crippen LogP contribution in [0.25, 0.3) is 11.4 Å². The Hall–Kier alpha value is -2.86. The highest BCUT2D eigenvalue weighted by Crippen LogP contribution is 2.34. The SMILES string of the molecule is CC(C)(O)C#Cc1ccc2c(c1)-c1nc(C(N)=O)c(CN3CC[C@@H](O)C3)n1CCO2. The number of hydrogen-bond acceptors (Lipinski definition) is 6. The molecule has 1 aromatic heterocycles. The number of primary amides is 1. The van der Waals surface area contributed by atoms with Gasteiger partial charge in [0.15, 0.2) is 5.69 Å². The fourth-order valence-electron chi connectivity index (χ4n) is 3.84. The molecule has 0 spiro atoms. The molecular weight excluding hydrogens is 384 g/mol. The molecule has 4 rings (SSSR count). The first-order valence-electron chi connectivity index (χ1n) is 10.0. The Kier molecular flexibility index (Phi) is 5.28. The zero-order valence-corrected chi connectivity index (χ0v) is 17.2. The second-order valence-corrected chi connectivity index (χ2v) is 8.29. The quantitative estimate of drug-likeness (QED) is 0.643. The first kappa shape index (κ1) is 20.4. The number of amides is 1. The number of fused-ring (bicyclic) bond motifs is 3. The van der Waals surface area contributed by atoms with Crippen LogP contribution in [-0.4, -0.2) is 62.0 Å². The van der Waals surface area contributed by atoms with Gasteiger partial charge in [-0.1, -0.05) is 11.8 Å². The lowest BCUT2D eigenvalue weighted by atomic mass is 10.1. The minimum absolute atomic E-state index is 0.243. The number of likely N-dealkylation sites (tertiary alicyclic amines) is 1. The van der Waals surface area contributed by atoms with Crippen molar-refractivity contribution in [2.75, 3.05) is 19.7 Å². The van der Waals surface area contributed by atoms with E-state index in [1.165, 1.54) is 0 Å². The maximum atomic E-state index is 12.2. The monoisotopic (exact) mass is 410 g/mol. The summed E-state index contributed by atoms with van der Waals surface area (Å²) in [6, 6.07) is 5.51. The van der Waals surface area contributed by atoms with Crippen molar-refractivity contribution in [2.24, 2.45) is 5.73 Å². The van der Waals surface area contributed by atoms with Gasteiger partial charge >= 0.3 is 0 Å². The van der Waals surface area contributed by atoms with Crippen LogP contribution in [0.1, 0.15) is 42.0 Å². The standard InChI is InChI=1S/C22H26N4O4/c1-22(2,29)7-5-14-3-4-18-16(11-14)21-24-19(20(23)28)17(26(21)9-10-30-18)13-25-8-6-15(27)12-25/h3-4,11,15,27,29H,6,8-10,12-13H2,1-2H3,(H2,23,28)/t15-/m1/s1. The number of rotatable bonds is 3. The highest BCUT2D eigenvalue weighted by molar-refractivity contribution is 5.93. The Bertz CT molecular complexity index is 1040. The topological polar surface area (TPSA) is 114 Å². The largest absolute Gasteiger partial charge is 0.491 e. The molecule has 0 bridgehead atoms. The molecule has 0 radical (unpaired) electrons. The molecule has 1 saturated heterocycles. The van der Waals surface area contributed by atoms with Gasteiger partial charge in [-0.05, 0) is 38.5 Å². The van der Waals surface area contributed by atoms with Gasteiger partial charge in [0.1, 0.15) is 23.8 Å². The zero-order chi connectivity index (χ0) is 21.5. The Balaban J connectivity index is 1.79. The molecule has 1 aromatic carbocycles. The number of carbonyl (C=O) groups is 1. The van der Waals surface area contributed by atoms with Gasteiger partial charge in [0.2, 0.25) is 0 Å². The molecule has 8 heteroatoms. The molecule has 2 aromatic rings. The van der Waals surface area contributed by atoms with Crippen LogP contribution in [0.15, 0.2) is 18.2 Å². The maximum absolute atomic E-state index is 12.2. The lowest BCUT2D eigenvalue weighted by Crippen LogP contribution is -2.26. The molecule has 8 nitrogen and oxygen atoms in total. The third kappa shape index (κ3) is 4.19. The molecule has 0 unspecified atom stereocenters. The van der Waals surface area contributed by atoms with E-state index < -0.39 is 11.5 Å². The summed E-state index contributed by atoms with van der Waals surface area (Å²) in [5.41, 5.74) is 6.96. The number of imidazole rings is 1. The summed E-state index contributed by atoms with van der Waals surface area (Å²) in [5, 5.41) is 19.7. The van der Waals surface area contributed by atoms with Crippen molar-refractivity contribution in [3.63, 3.8) is 0 Å². The van der Waals surface area contributed by atoms with Crippen molar-refractivity contribution in [2.45, 2.75) is 45.1 Å². The maximum Gasteiger partial charge on any atom is 0.269 e. The van der Waals surface area contributed by atoms with Gasteiger partial charge in [-0.2, -0.15) is 0 Å². The fourth-order valence-corrected chi connectivity index (χ4v) is 3.84. The fraction of sp³-hybridized carbons (Fsp3) is 0.455. The average molecular weight is 410 g/mol. The second kappa shape index (κ2) is 7.76. The number of hydrogen-bond donors (Lipinski definition) is 3. The van der Waals surface area contributed by atoms with Crippen molar-refractivity contribution in [1.82, 2.24) is 14.5 Å². The number of aliphatic hydroxyl groups excluding tert-OH is 1. The van der Waals surface area contributed by atoms with Crippen LogP contribution in [0.3, 0.4) is 0 Å². The number of carbonyl (C=O) groups excluding carboxylic acids is 1. The molecule has 0 aliphatic carbocycles. The minimum Gasteiger partial charge on any atom is -0.491 e. The van der Waals surface area contributed by atoms with Gasteiger partial charge in [-0.3, -0.25) is 9.69 Å². The van der Waals surface area contributed by atoms with Gasteiger partial charge in [0.25, 0.3) is 5.91 Å². The highest BCUT2D eigenvalue weighted by atomic mass is 16.5. The number of ether oxygens (including phenoxy) is 1. The lowest BCUT2D eigenvalue weighted by Gasteiger charge is -2.17. The van der Waals surface area contributed by atoms with Crippen molar-refractivity contribution in [3.8, 4) is 29.0 Å². The van der Waals surface area contributed by atoms with E-state index in [9.17, 15) is 15.0 Å². The number of β-amino-alcohol motifs (C(OH)–C–C–N with tert-alkyl or cyclic N) is 1. The molecule has 4 N–H and O–H groups in total. The van der Waals surface area contributed by atoms with Crippen LogP contribution in [0.5, 0.6) is 5.75 Å². The third-order valence-corrected chi connectivity index (χ3v) is 5.23. The molecule has 2 aliphatic rings. The van der Waals surface area contributed by atoms with Crippen molar-refractivity contribution in [3.05, 3.63) is 35.2 Å². The van der Waals surface area contributed by atoms with Gasteiger partial charge in [0, 0.05) is 25.2 Å². The van der Waals surface area contributed by atoms with E-state index >= 15 is 0 Å². The second-order valence-electron chi connectivity index (χ2n) is 8.29. The van der Waals surface area contributed by atoms with Crippen LogP contribution < -0.4 is 10.5 Å². The third-order valence-electron chi connectivity index (χ3n) is 5.23. The van der Waals surface area contributed by atoms with Crippen LogP contribution in [0.2, 0.25) is 0 Å². The summed E-state index contributed by atoms with van der Waals surface area (Å²) in [5.74, 6) is 6.47. The van der Waals surface area contributed by atoms with Crippen molar-refractivity contribution < 1.29 is 19.7 Å². The number of aliphatic hydroxyl groups is 2. The molecule has 30 heavy (non-hydrogen) atoms. The molecule has 1 amide bonds. The van der Waals surface area contributed by atoms with E-state index in [0.29, 0.717) is 49.8 Å². The normalized spacial score (nSPS) is 18.6. The van der Waals surface area contributed by atoms with Crippen molar-refractivity contribution in [1.29, 1.82) is 0 Å². The Morgan fingerprint density at radius 2 is 2.20 bits per heavy atom. The lowest BCUT2D eigenvalue weighted by molar-refractivity contribution is 0.0993. The highest BCUT2D eigenvalue weighted by Gasteiger charge is 2.29. The van der Waals surface area contributed by atoms with E-state index in [2.05, 4.69) is 21.7 Å². The van der Waals surface area contributed by atoms with Gasteiger partial charge in [-0.25, -0.2) is 4.98 Å². The summed E-state index contributed by atoms with van der Waals surface area (Å²) >= 11 is 0. The van der Waals surface area contributed by atoms with Crippen LogP contribution in [0.4, 0.5) is 0 Å². The van der Waals surface area contributed by atoms with Gasteiger partial charge in [0.05, 0.1) is 23.9 Å². The zero-order valence-electron chi connectivity index (χ0n) is 17.2. The van der Waals surface area contributed by atoms with Crippen LogP contribution in [-0.2, 0) is 13.1 Å². The molecular formula is C22H26N4O4. The van der Waals surface area contributed by atoms with E-state index in [1.54, 1.807) is 13.8 Å². The Morgan fingerprint density at radius 3 is 2.87 bits per heavy atom.